The molecule has 4 aliphatic carbocycles. The Labute approximate surface area is 157 Å². The van der Waals surface area contributed by atoms with Crippen LogP contribution in [0.4, 0.5) is 5.69 Å². The fourth-order valence-electron chi connectivity index (χ4n) is 5.70. The van der Waals surface area contributed by atoms with Crippen molar-refractivity contribution < 1.29 is 19.2 Å². The smallest absolute Gasteiger partial charge is 0.331 e. The average molecular weight is 369 g/mol. The Morgan fingerprint density at radius 1 is 1.15 bits per heavy atom. The summed E-state index contributed by atoms with van der Waals surface area (Å²) in [5.74, 6) is 1.48. The van der Waals surface area contributed by atoms with Crippen molar-refractivity contribution in [2.24, 2.45) is 23.2 Å². The Balaban J connectivity index is 1.33. The Morgan fingerprint density at radius 3 is 2.37 bits per heavy atom. The van der Waals surface area contributed by atoms with Crippen LogP contribution in [0.25, 0.3) is 6.08 Å². The molecule has 0 aromatic heterocycles. The largest absolute Gasteiger partial charge is 0.455 e. The lowest BCUT2D eigenvalue weighted by Gasteiger charge is -2.55. The van der Waals surface area contributed by atoms with Gasteiger partial charge in [-0.15, -0.1) is 0 Å². The summed E-state index contributed by atoms with van der Waals surface area (Å²) in [4.78, 5) is 35.1. The van der Waals surface area contributed by atoms with Crippen molar-refractivity contribution in [1.82, 2.24) is 0 Å². The van der Waals surface area contributed by atoms with Gasteiger partial charge in [-0.05, 0) is 67.9 Å². The Kier molecular flexibility index (Phi) is 4.58. The highest BCUT2D eigenvalue weighted by Crippen LogP contribution is 2.60. The number of nitro benzene ring substituents is 1. The molecule has 142 valence electrons. The van der Waals surface area contributed by atoms with Crippen LogP contribution >= 0.6 is 0 Å². The maximum atomic E-state index is 12.8. The first-order chi connectivity index (χ1) is 12.9. The molecule has 6 nitrogen and oxygen atoms in total. The third-order valence-corrected chi connectivity index (χ3v) is 6.47. The van der Waals surface area contributed by atoms with Crippen LogP contribution in [0.15, 0.2) is 30.3 Å². The maximum Gasteiger partial charge on any atom is 0.331 e. The predicted molar refractivity (Wildman–Crippen MR) is 98.7 cm³/mol. The number of rotatable bonds is 6. The molecular formula is C21H23NO5. The second-order valence-electron chi connectivity index (χ2n) is 8.41. The number of hydrogen-bond acceptors (Lipinski definition) is 5. The highest BCUT2D eigenvalue weighted by molar-refractivity contribution is 5.91. The molecule has 0 N–H and O–H groups in total. The zero-order valence-electron chi connectivity index (χ0n) is 15.1. The maximum absolute atomic E-state index is 12.8. The van der Waals surface area contributed by atoms with Crippen LogP contribution in [-0.4, -0.2) is 23.3 Å². The Hall–Kier alpha value is -2.50. The number of non-ortho nitro benzene ring substituents is 1. The number of hydrogen-bond donors (Lipinski definition) is 0. The molecule has 4 aliphatic rings. The molecule has 0 unspecified atom stereocenters. The minimum Gasteiger partial charge on any atom is -0.455 e. The fraction of sp³-hybridized carbons (Fsp3) is 0.524. The van der Waals surface area contributed by atoms with Gasteiger partial charge in [0.15, 0.2) is 12.4 Å². The second kappa shape index (κ2) is 6.91. The fourth-order valence-corrected chi connectivity index (χ4v) is 5.70. The van der Waals surface area contributed by atoms with E-state index in [2.05, 4.69) is 0 Å². The lowest BCUT2D eigenvalue weighted by atomic mass is 9.48. The molecule has 27 heavy (non-hydrogen) atoms. The molecule has 0 atom stereocenters. The number of esters is 1. The number of carbonyl (C=O) groups is 2. The minimum atomic E-state index is -0.598. The molecule has 0 heterocycles. The summed E-state index contributed by atoms with van der Waals surface area (Å²) in [5.41, 5.74) is 0.231. The lowest BCUT2D eigenvalue weighted by Crippen LogP contribution is -2.51. The van der Waals surface area contributed by atoms with Crippen molar-refractivity contribution in [3.8, 4) is 0 Å². The molecule has 4 saturated carbocycles. The zero-order chi connectivity index (χ0) is 19.0. The number of nitro groups is 1. The van der Waals surface area contributed by atoms with Gasteiger partial charge in [0.25, 0.3) is 5.69 Å². The molecule has 1 aromatic rings. The first-order valence-electron chi connectivity index (χ1n) is 9.56. The van der Waals surface area contributed by atoms with Crippen molar-refractivity contribution in [3.05, 3.63) is 46.0 Å². The van der Waals surface area contributed by atoms with Gasteiger partial charge >= 0.3 is 5.97 Å². The van der Waals surface area contributed by atoms with Crippen molar-refractivity contribution in [3.63, 3.8) is 0 Å². The van der Waals surface area contributed by atoms with E-state index >= 15 is 0 Å². The van der Waals surface area contributed by atoms with E-state index in [0.717, 1.165) is 19.3 Å². The molecule has 0 saturated heterocycles. The predicted octanol–water partition coefficient (Wildman–Crippen LogP) is 3.94. The molecule has 4 bridgehead atoms. The molecular weight excluding hydrogens is 346 g/mol. The highest BCUT2D eigenvalue weighted by Gasteiger charge is 2.54. The molecule has 0 amide bonds. The third-order valence-electron chi connectivity index (χ3n) is 6.47. The molecule has 0 radical (unpaired) electrons. The van der Waals surface area contributed by atoms with E-state index in [1.165, 1.54) is 43.5 Å². The topological polar surface area (TPSA) is 86.5 Å². The van der Waals surface area contributed by atoms with E-state index in [1.807, 2.05) is 0 Å². The molecule has 6 heteroatoms. The van der Waals surface area contributed by atoms with Gasteiger partial charge in [-0.1, -0.05) is 12.1 Å². The number of ether oxygens (including phenoxy) is 1. The Bertz CT molecular complexity index is 777. The number of Topliss-reactive ketones (excluding diaryl/α,β-unsaturated/α-hetero) is 1. The van der Waals surface area contributed by atoms with E-state index in [-0.39, 0.29) is 23.5 Å². The van der Waals surface area contributed by atoms with Gasteiger partial charge in [-0.3, -0.25) is 14.9 Å². The molecule has 0 aliphatic heterocycles. The molecule has 0 spiro atoms. The van der Waals surface area contributed by atoms with Crippen LogP contribution in [-0.2, 0) is 14.3 Å². The van der Waals surface area contributed by atoms with Gasteiger partial charge in [-0.2, -0.15) is 0 Å². The van der Waals surface area contributed by atoms with E-state index < -0.39 is 10.9 Å². The van der Waals surface area contributed by atoms with Gasteiger partial charge in [0, 0.05) is 23.6 Å². The van der Waals surface area contributed by atoms with E-state index in [1.54, 1.807) is 12.1 Å². The number of nitrogens with zero attached hydrogens (tertiary/aromatic N) is 1. The molecule has 4 fully saturated rings. The first-order valence-corrected chi connectivity index (χ1v) is 9.56. The molecule has 5 rings (SSSR count). The van der Waals surface area contributed by atoms with Crippen LogP contribution in [0.3, 0.4) is 0 Å². The van der Waals surface area contributed by atoms with Crippen LogP contribution < -0.4 is 0 Å². The van der Waals surface area contributed by atoms with Crippen LogP contribution in [0.5, 0.6) is 0 Å². The summed E-state index contributed by atoms with van der Waals surface area (Å²) < 4.78 is 5.18. The first kappa shape index (κ1) is 17.9. The van der Waals surface area contributed by atoms with E-state index in [9.17, 15) is 19.7 Å². The zero-order valence-corrected chi connectivity index (χ0v) is 15.1. The van der Waals surface area contributed by atoms with Crippen molar-refractivity contribution in [1.29, 1.82) is 0 Å². The van der Waals surface area contributed by atoms with Gasteiger partial charge in [0.1, 0.15) is 0 Å². The normalized spacial score (nSPS) is 31.2. The standard InChI is InChI=1S/C21H23NO5/c23-19(21-10-15-6-16(11-21)8-17(7-15)12-21)13-27-20(24)5-4-14-2-1-3-18(9-14)22(25)26/h1-5,9,15-17H,6-8,10-13H2/b5-4+. The monoisotopic (exact) mass is 369 g/mol. The number of carbonyl (C=O) groups excluding carboxylic acids is 2. The minimum absolute atomic E-state index is 0.0393. The van der Waals surface area contributed by atoms with Crippen molar-refractivity contribution in [2.75, 3.05) is 6.61 Å². The average Bonchev–Trinajstić information content (AvgIpc) is 2.63. The highest BCUT2D eigenvalue weighted by atomic mass is 16.6. The second-order valence-corrected chi connectivity index (χ2v) is 8.41. The SMILES string of the molecule is O=C(/C=C/c1cccc([N+](=O)[O-])c1)OCC(=O)C12CC3CC(CC(C3)C1)C2. The summed E-state index contributed by atoms with van der Waals surface area (Å²) in [6, 6.07) is 5.99. The number of ketones is 1. The summed E-state index contributed by atoms with van der Waals surface area (Å²) in [7, 11) is 0. The van der Waals surface area contributed by atoms with Gasteiger partial charge in [0.05, 0.1) is 4.92 Å². The summed E-state index contributed by atoms with van der Waals surface area (Å²) in [6.07, 6.45) is 9.34. The molecule has 1 aromatic carbocycles. The van der Waals surface area contributed by atoms with Crippen LogP contribution in [0.1, 0.15) is 44.1 Å². The van der Waals surface area contributed by atoms with Crippen molar-refractivity contribution in [2.45, 2.75) is 38.5 Å². The van der Waals surface area contributed by atoms with Gasteiger partial charge in [0.2, 0.25) is 0 Å². The van der Waals surface area contributed by atoms with Gasteiger partial charge in [-0.25, -0.2) is 4.79 Å². The van der Waals surface area contributed by atoms with E-state index in [4.69, 9.17) is 4.74 Å². The lowest BCUT2D eigenvalue weighted by molar-refractivity contribution is -0.384. The number of benzene rings is 1. The Morgan fingerprint density at radius 2 is 1.78 bits per heavy atom. The summed E-state index contributed by atoms with van der Waals surface area (Å²) in [6.45, 7) is -0.176. The van der Waals surface area contributed by atoms with Gasteiger partial charge < -0.3 is 4.74 Å². The summed E-state index contributed by atoms with van der Waals surface area (Å²) >= 11 is 0. The van der Waals surface area contributed by atoms with Crippen LogP contribution in [0.2, 0.25) is 0 Å². The van der Waals surface area contributed by atoms with Crippen molar-refractivity contribution >= 4 is 23.5 Å². The third kappa shape index (κ3) is 3.66. The summed E-state index contributed by atoms with van der Waals surface area (Å²) in [5, 5.41) is 10.8. The quantitative estimate of drug-likeness (QED) is 0.328. The van der Waals surface area contributed by atoms with Crippen LogP contribution in [0, 0.1) is 33.3 Å². The van der Waals surface area contributed by atoms with E-state index in [0.29, 0.717) is 23.3 Å².